The Bertz CT molecular complexity index is 444. The Morgan fingerprint density at radius 1 is 1.41 bits per heavy atom. The number of β-amino-alcohol motifs (C(OH)–C–C–N with tert-alkyl or cyclic N) is 1. The molecular formula is C14H18FNO. The van der Waals surface area contributed by atoms with Crippen molar-refractivity contribution in [1.82, 2.24) is 4.90 Å². The zero-order valence-electron chi connectivity index (χ0n) is 10.1. The molecule has 17 heavy (non-hydrogen) atoms. The number of benzene rings is 1. The summed E-state index contributed by atoms with van der Waals surface area (Å²) >= 11 is 0. The van der Waals surface area contributed by atoms with E-state index in [9.17, 15) is 9.50 Å². The highest BCUT2D eigenvalue weighted by atomic mass is 19.1. The van der Waals surface area contributed by atoms with Gasteiger partial charge in [-0.25, -0.2) is 4.39 Å². The quantitative estimate of drug-likeness (QED) is 0.849. The summed E-state index contributed by atoms with van der Waals surface area (Å²) in [6.07, 6.45) is 3.28. The second kappa shape index (κ2) is 3.79. The molecule has 2 fully saturated rings. The van der Waals surface area contributed by atoms with E-state index in [2.05, 4.69) is 4.90 Å². The minimum atomic E-state index is -0.777. The lowest BCUT2D eigenvalue weighted by Crippen LogP contribution is -2.32. The van der Waals surface area contributed by atoms with Gasteiger partial charge in [0.15, 0.2) is 0 Å². The van der Waals surface area contributed by atoms with Crippen LogP contribution in [0.5, 0.6) is 0 Å². The Kier molecular flexibility index (Phi) is 2.49. The average Bonchev–Trinajstić information content (AvgIpc) is 3.03. The topological polar surface area (TPSA) is 23.5 Å². The summed E-state index contributed by atoms with van der Waals surface area (Å²) in [4.78, 5) is 2.36. The number of aryl methyl sites for hydroxylation is 1. The molecule has 0 spiro atoms. The van der Waals surface area contributed by atoms with Crippen LogP contribution < -0.4 is 0 Å². The molecule has 0 bridgehead atoms. The average molecular weight is 235 g/mol. The Labute approximate surface area is 101 Å². The molecule has 1 aromatic rings. The zero-order valence-corrected chi connectivity index (χ0v) is 10.1. The molecule has 92 valence electrons. The van der Waals surface area contributed by atoms with Gasteiger partial charge in [-0.05, 0) is 49.4 Å². The molecule has 2 aliphatic rings. The third-order valence-electron chi connectivity index (χ3n) is 4.03. The highest BCUT2D eigenvalue weighted by Gasteiger charge is 2.43. The van der Waals surface area contributed by atoms with Gasteiger partial charge in [-0.3, -0.25) is 4.90 Å². The van der Waals surface area contributed by atoms with Crippen LogP contribution in [0.3, 0.4) is 0 Å². The monoisotopic (exact) mass is 235 g/mol. The summed E-state index contributed by atoms with van der Waals surface area (Å²) in [6.45, 7) is 3.53. The van der Waals surface area contributed by atoms with Crippen molar-refractivity contribution >= 4 is 0 Å². The Balaban J connectivity index is 1.87. The first kappa shape index (κ1) is 11.2. The lowest BCUT2D eigenvalue weighted by Gasteiger charge is -2.25. The molecule has 3 heteroatoms. The first-order valence-electron chi connectivity index (χ1n) is 6.31. The molecule has 1 aliphatic carbocycles. The highest BCUT2D eigenvalue weighted by Crippen LogP contribution is 2.39. The van der Waals surface area contributed by atoms with Gasteiger partial charge in [0, 0.05) is 19.1 Å². The minimum absolute atomic E-state index is 0.230. The van der Waals surface area contributed by atoms with Crippen molar-refractivity contribution in [3.8, 4) is 0 Å². The Morgan fingerprint density at radius 3 is 2.82 bits per heavy atom. The smallest absolute Gasteiger partial charge is 0.123 e. The Morgan fingerprint density at radius 2 is 2.18 bits per heavy atom. The van der Waals surface area contributed by atoms with Crippen LogP contribution in [0.25, 0.3) is 0 Å². The maximum absolute atomic E-state index is 13.1. The molecule has 1 saturated carbocycles. The van der Waals surface area contributed by atoms with Crippen LogP contribution in [0, 0.1) is 12.7 Å². The summed E-state index contributed by atoms with van der Waals surface area (Å²) in [7, 11) is 0. The normalized spacial score (nSPS) is 29.8. The van der Waals surface area contributed by atoms with Crippen LogP contribution in [0.2, 0.25) is 0 Å². The molecule has 1 heterocycles. The highest BCUT2D eigenvalue weighted by molar-refractivity contribution is 5.33. The molecule has 2 nitrogen and oxygen atoms in total. The lowest BCUT2D eigenvalue weighted by atomic mass is 9.89. The fourth-order valence-corrected chi connectivity index (χ4v) is 2.94. The van der Waals surface area contributed by atoms with Gasteiger partial charge in [0.25, 0.3) is 0 Å². The van der Waals surface area contributed by atoms with Gasteiger partial charge in [-0.2, -0.15) is 0 Å². The molecule has 3 rings (SSSR count). The third-order valence-corrected chi connectivity index (χ3v) is 4.03. The van der Waals surface area contributed by atoms with Crippen LogP contribution in [0.4, 0.5) is 4.39 Å². The molecular weight excluding hydrogens is 217 g/mol. The predicted molar refractivity (Wildman–Crippen MR) is 64.2 cm³/mol. The SMILES string of the molecule is Cc1cc(F)ccc1C1(O)CCN(C2CC2)C1. The fourth-order valence-electron chi connectivity index (χ4n) is 2.94. The summed E-state index contributed by atoms with van der Waals surface area (Å²) in [5.41, 5.74) is 0.965. The van der Waals surface area contributed by atoms with Crippen LogP contribution in [-0.2, 0) is 5.60 Å². The van der Waals surface area contributed by atoms with E-state index in [4.69, 9.17) is 0 Å². The zero-order chi connectivity index (χ0) is 12.0. The molecule has 1 aromatic carbocycles. The summed E-state index contributed by atoms with van der Waals surface area (Å²) in [6, 6.07) is 5.37. The van der Waals surface area contributed by atoms with Crippen molar-refractivity contribution in [3.05, 3.63) is 35.1 Å². The van der Waals surface area contributed by atoms with Gasteiger partial charge in [0.05, 0.1) is 0 Å². The maximum Gasteiger partial charge on any atom is 0.123 e. The number of rotatable bonds is 2. The van der Waals surface area contributed by atoms with Crippen LogP contribution in [-0.4, -0.2) is 29.1 Å². The standard InChI is InChI=1S/C14H18FNO/c1-10-8-11(15)2-5-13(10)14(17)6-7-16(9-14)12-3-4-12/h2,5,8,12,17H,3-4,6-7,9H2,1H3. The van der Waals surface area contributed by atoms with Crippen LogP contribution >= 0.6 is 0 Å². The molecule has 0 amide bonds. The first-order valence-corrected chi connectivity index (χ1v) is 6.31. The van der Waals surface area contributed by atoms with Crippen molar-refractivity contribution in [2.24, 2.45) is 0 Å². The van der Waals surface area contributed by atoms with Crippen molar-refractivity contribution in [1.29, 1.82) is 0 Å². The summed E-state index contributed by atoms with van der Waals surface area (Å²) < 4.78 is 13.1. The van der Waals surface area contributed by atoms with Crippen LogP contribution in [0.15, 0.2) is 18.2 Å². The molecule has 1 saturated heterocycles. The molecule has 0 aromatic heterocycles. The molecule has 1 N–H and O–H groups in total. The number of aliphatic hydroxyl groups is 1. The maximum atomic E-state index is 13.1. The molecule has 1 aliphatic heterocycles. The third kappa shape index (κ3) is 1.98. The van der Waals surface area contributed by atoms with Gasteiger partial charge < -0.3 is 5.11 Å². The number of likely N-dealkylation sites (tertiary alicyclic amines) is 1. The van der Waals surface area contributed by atoms with E-state index in [-0.39, 0.29) is 5.82 Å². The number of hydrogen-bond donors (Lipinski definition) is 1. The summed E-state index contributed by atoms with van der Waals surface area (Å²) in [5.74, 6) is -0.230. The van der Waals surface area contributed by atoms with Gasteiger partial charge in [0.2, 0.25) is 0 Å². The number of nitrogens with zero attached hydrogens (tertiary/aromatic N) is 1. The van der Waals surface area contributed by atoms with E-state index in [0.29, 0.717) is 12.6 Å². The van der Waals surface area contributed by atoms with Gasteiger partial charge >= 0.3 is 0 Å². The van der Waals surface area contributed by atoms with E-state index in [1.807, 2.05) is 6.92 Å². The van der Waals surface area contributed by atoms with Gasteiger partial charge in [-0.15, -0.1) is 0 Å². The van der Waals surface area contributed by atoms with E-state index in [1.54, 1.807) is 6.07 Å². The largest absolute Gasteiger partial charge is 0.384 e. The number of halogens is 1. The van der Waals surface area contributed by atoms with E-state index in [1.165, 1.54) is 25.0 Å². The predicted octanol–water partition coefficient (Wildman–Crippen LogP) is 2.19. The van der Waals surface area contributed by atoms with Gasteiger partial charge in [-0.1, -0.05) is 6.07 Å². The van der Waals surface area contributed by atoms with Crippen LogP contribution in [0.1, 0.15) is 30.4 Å². The molecule has 1 unspecified atom stereocenters. The fraction of sp³-hybridized carbons (Fsp3) is 0.571. The minimum Gasteiger partial charge on any atom is -0.384 e. The van der Waals surface area contributed by atoms with Gasteiger partial charge in [0.1, 0.15) is 11.4 Å². The summed E-state index contributed by atoms with van der Waals surface area (Å²) in [5, 5.41) is 10.7. The second-order valence-electron chi connectivity index (χ2n) is 5.44. The van der Waals surface area contributed by atoms with Crippen molar-refractivity contribution in [3.63, 3.8) is 0 Å². The van der Waals surface area contributed by atoms with E-state index >= 15 is 0 Å². The lowest BCUT2D eigenvalue weighted by molar-refractivity contribution is 0.0445. The first-order chi connectivity index (χ1) is 8.08. The van der Waals surface area contributed by atoms with Crippen molar-refractivity contribution in [2.45, 2.75) is 37.8 Å². The molecule has 1 atom stereocenters. The second-order valence-corrected chi connectivity index (χ2v) is 5.44. The van der Waals surface area contributed by atoms with Crippen molar-refractivity contribution in [2.75, 3.05) is 13.1 Å². The van der Waals surface area contributed by atoms with E-state index < -0.39 is 5.60 Å². The van der Waals surface area contributed by atoms with Crippen molar-refractivity contribution < 1.29 is 9.50 Å². The Hall–Kier alpha value is -0.930. The van der Waals surface area contributed by atoms with E-state index in [0.717, 1.165) is 24.1 Å². The number of hydrogen-bond acceptors (Lipinski definition) is 2. The molecule has 0 radical (unpaired) electrons.